The van der Waals surface area contributed by atoms with Gasteiger partial charge in [0.25, 0.3) is 5.56 Å². The van der Waals surface area contributed by atoms with Crippen LogP contribution in [-0.2, 0) is 17.1 Å². The molecule has 0 saturated heterocycles. The standard InChI is InChI=1S/C15H22N4O3S/c1-11-16-18(2)15(20)14-9-13(10-19(11)14)23(21,22)17-12-7-5-3-4-6-8-12/h9-10,12,17H,3-8H2,1-2H3. The van der Waals surface area contributed by atoms with Crippen LogP contribution in [0.15, 0.2) is 22.0 Å². The molecule has 0 amide bonds. The third-order valence-electron chi connectivity index (χ3n) is 4.44. The second-order valence-electron chi connectivity index (χ2n) is 6.22. The number of hydrogen-bond donors (Lipinski definition) is 1. The van der Waals surface area contributed by atoms with Gasteiger partial charge in [0, 0.05) is 19.3 Å². The van der Waals surface area contributed by atoms with E-state index in [4.69, 9.17) is 0 Å². The minimum atomic E-state index is -3.63. The van der Waals surface area contributed by atoms with Crippen molar-refractivity contribution in [3.8, 4) is 0 Å². The van der Waals surface area contributed by atoms with Crippen molar-refractivity contribution in [2.75, 3.05) is 0 Å². The molecule has 0 spiro atoms. The maximum absolute atomic E-state index is 12.6. The smallest absolute Gasteiger partial charge is 0.290 e. The van der Waals surface area contributed by atoms with Crippen molar-refractivity contribution in [2.45, 2.75) is 56.4 Å². The fourth-order valence-corrected chi connectivity index (χ4v) is 4.50. The fraction of sp³-hybridized carbons (Fsp3) is 0.600. The summed E-state index contributed by atoms with van der Waals surface area (Å²) in [6.45, 7) is 1.74. The van der Waals surface area contributed by atoms with Crippen molar-refractivity contribution < 1.29 is 8.42 Å². The molecule has 2 aromatic rings. The molecule has 8 heteroatoms. The third-order valence-corrected chi connectivity index (χ3v) is 5.93. The summed E-state index contributed by atoms with van der Waals surface area (Å²) >= 11 is 0. The van der Waals surface area contributed by atoms with Crippen LogP contribution in [0.2, 0.25) is 0 Å². The summed E-state index contributed by atoms with van der Waals surface area (Å²) in [7, 11) is -2.08. The zero-order valence-electron chi connectivity index (χ0n) is 13.4. The number of nitrogens with one attached hydrogen (secondary N) is 1. The van der Waals surface area contributed by atoms with Gasteiger partial charge in [0.2, 0.25) is 10.0 Å². The molecule has 3 rings (SSSR count). The maximum atomic E-state index is 12.6. The second-order valence-corrected chi connectivity index (χ2v) is 7.93. The molecule has 1 saturated carbocycles. The van der Waals surface area contributed by atoms with Crippen LogP contribution in [0.3, 0.4) is 0 Å². The van der Waals surface area contributed by atoms with Crippen LogP contribution >= 0.6 is 0 Å². The second kappa shape index (κ2) is 6.09. The van der Waals surface area contributed by atoms with Gasteiger partial charge >= 0.3 is 0 Å². The zero-order chi connectivity index (χ0) is 16.6. The number of aromatic nitrogens is 3. The Labute approximate surface area is 135 Å². The molecule has 0 aromatic carbocycles. The van der Waals surface area contributed by atoms with Crippen LogP contribution in [0, 0.1) is 6.92 Å². The quantitative estimate of drug-likeness (QED) is 0.856. The largest absolute Gasteiger partial charge is 0.298 e. The molecule has 1 aliphatic carbocycles. The van der Waals surface area contributed by atoms with E-state index in [-0.39, 0.29) is 16.5 Å². The Morgan fingerprint density at radius 3 is 2.52 bits per heavy atom. The van der Waals surface area contributed by atoms with E-state index < -0.39 is 10.0 Å². The van der Waals surface area contributed by atoms with Crippen molar-refractivity contribution in [3.05, 3.63) is 28.4 Å². The van der Waals surface area contributed by atoms with Crippen molar-refractivity contribution in [1.29, 1.82) is 0 Å². The Bertz CT molecular complexity index is 874. The number of sulfonamides is 1. The first-order valence-electron chi connectivity index (χ1n) is 7.97. The molecule has 2 heterocycles. The molecule has 0 atom stereocenters. The van der Waals surface area contributed by atoms with E-state index in [0.29, 0.717) is 11.3 Å². The lowest BCUT2D eigenvalue weighted by Crippen LogP contribution is -2.34. The number of rotatable bonds is 3. The number of nitrogens with zero attached hydrogens (tertiary/aromatic N) is 3. The van der Waals surface area contributed by atoms with E-state index in [1.54, 1.807) is 14.0 Å². The van der Waals surface area contributed by atoms with Gasteiger partial charge in [-0.2, -0.15) is 5.10 Å². The average molecular weight is 338 g/mol. The molecule has 126 valence electrons. The number of aryl methyl sites for hydroxylation is 2. The van der Waals surface area contributed by atoms with Crippen LogP contribution in [-0.4, -0.2) is 28.6 Å². The SMILES string of the molecule is Cc1nn(C)c(=O)c2cc(S(=O)(=O)NC3CCCCCC3)cn12. The predicted molar refractivity (Wildman–Crippen MR) is 87.0 cm³/mol. The summed E-state index contributed by atoms with van der Waals surface area (Å²) in [5.74, 6) is 0.568. The van der Waals surface area contributed by atoms with Crippen LogP contribution < -0.4 is 10.3 Å². The summed E-state index contributed by atoms with van der Waals surface area (Å²) in [5, 5.41) is 4.08. The van der Waals surface area contributed by atoms with E-state index in [9.17, 15) is 13.2 Å². The third kappa shape index (κ3) is 3.18. The first-order chi connectivity index (χ1) is 10.9. The van der Waals surface area contributed by atoms with Gasteiger partial charge < -0.3 is 0 Å². The molecule has 1 fully saturated rings. The van der Waals surface area contributed by atoms with Gasteiger partial charge in [-0.05, 0) is 25.8 Å². The number of fused-ring (bicyclic) bond motifs is 1. The molecule has 0 radical (unpaired) electrons. The molecule has 0 bridgehead atoms. The maximum Gasteiger partial charge on any atom is 0.290 e. The first kappa shape index (κ1) is 16.2. The molecule has 7 nitrogen and oxygen atoms in total. The molecular weight excluding hydrogens is 316 g/mol. The Kier molecular flexibility index (Phi) is 4.29. The molecule has 0 unspecified atom stereocenters. The lowest BCUT2D eigenvalue weighted by atomic mass is 10.1. The van der Waals surface area contributed by atoms with E-state index in [1.165, 1.54) is 21.3 Å². The Balaban J connectivity index is 1.96. The highest BCUT2D eigenvalue weighted by Gasteiger charge is 2.23. The van der Waals surface area contributed by atoms with Crippen molar-refractivity contribution in [2.24, 2.45) is 7.05 Å². The Hall–Kier alpha value is -1.67. The van der Waals surface area contributed by atoms with E-state index in [2.05, 4.69) is 9.82 Å². The zero-order valence-corrected chi connectivity index (χ0v) is 14.3. The molecular formula is C15H22N4O3S. The number of hydrogen-bond acceptors (Lipinski definition) is 4. The topological polar surface area (TPSA) is 85.5 Å². The highest BCUT2D eigenvalue weighted by atomic mass is 32.2. The monoisotopic (exact) mass is 338 g/mol. The van der Waals surface area contributed by atoms with Gasteiger partial charge in [-0.25, -0.2) is 17.8 Å². The van der Waals surface area contributed by atoms with Gasteiger partial charge in [-0.1, -0.05) is 25.7 Å². The van der Waals surface area contributed by atoms with E-state index in [0.717, 1.165) is 38.5 Å². The van der Waals surface area contributed by atoms with Crippen molar-refractivity contribution in [1.82, 2.24) is 18.9 Å². The lowest BCUT2D eigenvalue weighted by Gasteiger charge is -2.15. The highest BCUT2D eigenvalue weighted by Crippen LogP contribution is 2.20. The van der Waals surface area contributed by atoms with Gasteiger partial charge in [0.15, 0.2) is 0 Å². The summed E-state index contributed by atoms with van der Waals surface area (Å²) in [5.41, 5.74) is 0.00718. The van der Waals surface area contributed by atoms with Crippen LogP contribution in [0.4, 0.5) is 0 Å². The Morgan fingerprint density at radius 2 is 1.87 bits per heavy atom. The summed E-state index contributed by atoms with van der Waals surface area (Å²) in [4.78, 5) is 12.2. The van der Waals surface area contributed by atoms with Crippen molar-refractivity contribution >= 4 is 15.5 Å². The summed E-state index contributed by atoms with van der Waals surface area (Å²) < 4.78 is 30.8. The van der Waals surface area contributed by atoms with Gasteiger partial charge in [-0.3, -0.25) is 9.20 Å². The minimum Gasteiger partial charge on any atom is -0.298 e. The normalized spacial score (nSPS) is 17.5. The van der Waals surface area contributed by atoms with E-state index in [1.807, 2.05) is 0 Å². The molecule has 1 aliphatic rings. The highest BCUT2D eigenvalue weighted by molar-refractivity contribution is 7.89. The van der Waals surface area contributed by atoms with Gasteiger partial charge in [0.05, 0.1) is 0 Å². The molecule has 0 aliphatic heterocycles. The lowest BCUT2D eigenvalue weighted by molar-refractivity contribution is 0.510. The van der Waals surface area contributed by atoms with Gasteiger partial charge in [0.1, 0.15) is 16.2 Å². The summed E-state index contributed by atoms with van der Waals surface area (Å²) in [6.07, 6.45) is 7.63. The van der Waals surface area contributed by atoms with Gasteiger partial charge in [-0.15, -0.1) is 0 Å². The van der Waals surface area contributed by atoms with Crippen LogP contribution in [0.25, 0.3) is 5.52 Å². The fourth-order valence-electron chi connectivity index (χ4n) is 3.18. The molecule has 2 aromatic heterocycles. The first-order valence-corrected chi connectivity index (χ1v) is 9.45. The van der Waals surface area contributed by atoms with Crippen LogP contribution in [0.5, 0.6) is 0 Å². The minimum absolute atomic E-state index is 0.0208. The van der Waals surface area contributed by atoms with Crippen LogP contribution in [0.1, 0.15) is 44.3 Å². The molecule has 23 heavy (non-hydrogen) atoms. The van der Waals surface area contributed by atoms with Crippen molar-refractivity contribution in [3.63, 3.8) is 0 Å². The Morgan fingerprint density at radius 1 is 1.22 bits per heavy atom. The van der Waals surface area contributed by atoms with E-state index >= 15 is 0 Å². The average Bonchev–Trinajstić information content (AvgIpc) is 2.81. The summed E-state index contributed by atoms with van der Waals surface area (Å²) in [6, 6.07) is 1.41. The molecule has 1 N–H and O–H groups in total. The predicted octanol–water partition coefficient (Wildman–Crippen LogP) is 1.34.